The van der Waals surface area contributed by atoms with Crippen LogP contribution in [0.5, 0.6) is 0 Å². The van der Waals surface area contributed by atoms with Crippen LogP contribution in [0, 0.1) is 0 Å². The summed E-state index contributed by atoms with van der Waals surface area (Å²) in [6.45, 7) is 5.88. The van der Waals surface area contributed by atoms with Crippen molar-refractivity contribution in [3.8, 4) is 0 Å². The fourth-order valence-electron chi connectivity index (χ4n) is 1.27. The fraction of sp³-hybridized carbons (Fsp3) is 0.417. The number of benzene rings is 1. The van der Waals surface area contributed by atoms with Crippen molar-refractivity contribution in [2.45, 2.75) is 36.8 Å². The second-order valence-electron chi connectivity index (χ2n) is 3.70. The number of rotatable bonds is 4. The molecule has 0 aromatic heterocycles. The first-order valence-electron chi connectivity index (χ1n) is 4.83. The molecule has 1 rings (SSSR count). The number of Topliss-reactive ketones (excluding diaryl/α,β-unsaturated/α-hetero) is 1. The maximum Gasteiger partial charge on any atom is 0.148 e. The molecule has 0 saturated heterocycles. The third kappa shape index (κ3) is 2.88. The smallest absolute Gasteiger partial charge is 0.148 e. The van der Waals surface area contributed by atoms with Gasteiger partial charge in [-0.3, -0.25) is 4.79 Å². The molecular weight excluding hydrogens is 192 g/mol. The van der Waals surface area contributed by atoms with Gasteiger partial charge in [0, 0.05) is 11.3 Å². The summed E-state index contributed by atoms with van der Waals surface area (Å²) in [6.07, 6.45) is 0.604. The van der Waals surface area contributed by atoms with Gasteiger partial charge in [-0.2, -0.15) is 0 Å². The molecule has 76 valence electrons. The van der Waals surface area contributed by atoms with Crippen molar-refractivity contribution in [3.05, 3.63) is 30.3 Å². The third-order valence-electron chi connectivity index (χ3n) is 2.11. The lowest BCUT2D eigenvalue weighted by molar-refractivity contribution is -0.120. The zero-order chi connectivity index (χ0) is 10.6. The number of hydrogen-bond acceptors (Lipinski definition) is 2. The average molecular weight is 208 g/mol. The van der Waals surface area contributed by atoms with Crippen LogP contribution in [0.2, 0.25) is 0 Å². The zero-order valence-electron chi connectivity index (χ0n) is 8.91. The first kappa shape index (κ1) is 11.3. The predicted molar refractivity (Wildman–Crippen MR) is 61.7 cm³/mol. The number of thioether (sulfide) groups is 1. The van der Waals surface area contributed by atoms with Crippen molar-refractivity contribution in [1.29, 1.82) is 0 Å². The Morgan fingerprint density at radius 2 is 1.86 bits per heavy atom. The molecule has 14 heavy (non-hydrogen) atoms. The van der Waals surface area contributed by atoms with E-state index in [1.807, 2.05) is 51.1 Å². The molecule has 0 unspecified atom stereocenters. The first-order valence-corrected chi connectivity index (χ1v) is 5.65. The van der Waals surface area contributed by atoms with Crippen molar-refractivity contribution in [3.63, 3.8) is 0 Å². The van der Waals surface area contributed by atoms with Gasteiger partial charge in [0.2, 0.25) is 0 Å². The van der Waals surface area contributed by atoms with E-state index in [1.165, 1.54) is 0 Å². The second-order valence-corrected chi connectivity index (χ2v) is 5.40. The Morgan fingerprint density at radius 1 is 1.29 bits per heavy atom. The largest absolute Gasteiger partial charge is 0.298 e. The first-order chi connectivity index (χ1) is 6.56. The Labute approximate surface area is 89.9 Å². The molecule has 0 saturated carbocycles. The summed E-state index contributed by atoms with van der Waals surface area (Å²) in [5.74, 6) is 0.298. The van der Waals surface area contributed by atoms with E-state index in [-0.39, 0.29) is 4.75 Å². The van der Waals surface area contributed by atoms with Crippen LogP contribution in [0.1, 0.15) is 27.2 Å². The van der Waals surface area contributed by atoms with Crippen LogP contribution in [0.3, 0.4) is 0 Å². The molecule has 0 aliphatic rings. The van der Waals surface area contributed by atoms with Gasteiger partial charge in [-0.1, -0.05) is 25.1 Å². The van der Waals surface area contributed by atoms with Gasteiger partial charge < -0.3 is 0 Å². The molecule has 2 heteroatoms. The van der Waals surface area contributed by atoms with Crippen molar-refractivity contribution in [1.82, 2.24) is 0 Å². The number of hydrogen-bond donors (Lipinski definition) is 0. The van der Waals surface area contributed by atoms with Gasteiger partial charge in [0.1, 0.15) is 5.78 Å². The van der Waals surface area contributed by atoms with E-state index in [0.29, 0.717) is 12.2 Å². The highest BCUT2D eigenvalue weighted by Crippen LogP contribution is 2.33. The molecule has 0 N–H and O–H groups in total. The van der Waals surface area contributed by atoms with Gasteiger partial charge in [-0.25, -0.2) is 0 Å². The van der Waals surface area contributed by atoms with Crippen molar-refractivity contribution >= 4 is 17.5 Å². The summed E-state index contributed by atoms with van der Waals surface area (Å²) in [6, 6.07) is 10.0. The standard InChI is InChI=1S/C12H16OS/c1-4-11(13)12(2,3)14-10-8-6-5-7-9-10/h5-9H,4H2,1-3H3. The predicted octanol–water partition coefficient (Wildman–Crippen LogP) is 3.54. The zero-order valence-corrected chi connectivity index (χ0v) is 9.73. The molecule has 0 heterocycles. The minimum Gasteiger partial charge on any atom is -0.298 e. The lowest BCUT2D eigenvalue weighted by Crippen LogP contribution is -2.26. The Morgan fingerprint density at radius 3 is 2.36 bits per heavy atom. The molecule has 0 bridgehead atoms. The molecule has 0 radical (unpaired) electrons. The highest BCUT2D eigenvalue weighted by atomic mass is 32.2. The fourth-order valence-corrected chi connectivity index (χ4v) is 2.41. The second kappa shape index (κ2) is 4.65. The van der Waals surface area contributed by atoms with E-state index in [1.54, 1.807) is 11.8 Å². The van der Waals surface area contributed by atoms with Crippen molar-refractivity contribution < 1.29 is 4.79 Å². The van der Waals surface area contributed by atoms with Crippen LogP contribution < -0.4 is 0 Å². The number of carbonyl (C=O) groups is 1. The van der Waals surface area contributed by atoms with E-state index in [4.69, 9.17) is 0 Å². The number of carbonyl (C=O) groups excluding carboxylic acids is 1. The Hall–Kier alpha value is -0.760. The lowest BCUT2D eigenvalue weighted by Gasteiger charge is -2.21. The Bertz CT molecular complexity index is 303. The maximum absolute atomic E-state index is 11.6. The molecule has 0 aliphatic carbocycles. The molecule has 1 aromatic rings. The average Bonchev–Trinajstić information content (AvgIpc) is 2.17. The normalized spacial score (nSPS) is 11.4. The summed E-state index contributed by atoms with van der Waals surface area (Å²) < 4.78 is -0.309. The van der Waals surface area contributed by atoms with Crippen molar-refractivity contribution in [2.24, 2.45) is 0 Å². The lowest BCUT2D eigenvalue weighted by atomic mass is 10.1. The molecule has 0 spiro atoms. The van der Waals surface area contributed by atoms with Crippen LogP contribution in [0.15, 0.2) is 35.2 Å². The molecule has 1 nitrogen and oxygen atoms in total. The highest BCUT2D eigenvalue weighted by Gasteiger charge is 2.26. The van der Waals surface area contributed by atoms with E-state index < -0.39 is 0 Å². The summed E-state index contributed by atoms with van der Waals surface area (Å²) in [5, 5.41) is 0. The molecule has 1 aromatic carbocycles. The summed E-state index contributed by atoms with van der Waals surface area (Å²) >= 11 is 1.63. The Balaban J connectivity index is 2.73. The van der Waals surface area contributed by atoms with Gasteiger partial charge in [0.15, 0.2) is 0 Å². The van der Waals surface area contributed by atoms with Crippen LogP contribution in [-0.4, -0.2) is 10.5 Å². The SMILES string of the molecule is CCC(=O)C(C)(C)Sc1ccccc1. The van der Waals surface area contributed by atoms with Gasteiger partial charge in [-0.15, -0.1) is 11.8 Å². The molecule has 0 aliphatic heterocycles. The van der Waals surface area contributed by atoms with E-state index in [0.717, 1.165) is 4.90 Å². The topological polar surface area (TPSA) is 17.1 Å². The van der Waals surface area contributed by atoms with Gasteiger partial charge >= 0.3 is 0 Å². The quantitative estimate of drug-likeness (QED) is 0.704. The Kier molecular flexibility index (Phi) is 3.76. The maximum atomic E-state index is 11.6. The molecule has 0 amide bonds. The minimum absolute atomic E-state index is 0.298. The van der Waals surface area contributed by atoms with Crippen LogP contribution >= 0.6 is 11.8 Å². The van der Waals surface area contributed by atoms with E-state index in [9.17, 15) is 4.79 Å². The monoisotopic (exact) mass is 208 g/mol. The van der Waals surface area contributed by atoms with E-state index >= 15 is 0 Å². The summed E-state index contributed by atoms with van der Waals surface area (Å²) in [5.41, 5.74) is 0. The van der Waals surface area contributed by atoms with E-state index in [2.05, 4.69) is 0 Å². The van der Waals surface area contributed by atoms with Gasteiger partial charge in [0.25, 0.3) is 0 Å². The highest BCUT2D eigenvalue weighted by molar-refractivity contribution is 8.01. The minimum atomic E-state index is -0.309. The van der Waals surface area contributed by atoms with Crippen LogP contribution in [0.25, 0.3) is 0 Å². The van der Waals surface area contributed by atoms with Gasteiger partial charge in [0.05, 0.1) is 4.75 Å². The van der Waals surface area contributed by atoms with Crippen LogP contribution in [0.4, 0.5) is 0 Å². The third-order valence-corrected chi connectivity index (χ3v) is 3.35. The van der Waals surface area contributed by atoms with Crippen LogP contribution in [-0.2, 0) is 4.79 Å². The molecular formula is C12H16OS. The van der Waals surface area contributed by atoms with Gasteiger partial charge in [-0.05, 0) is 26.0 Å². The number of ketones is 1. The molecule has 0 atom stereocenters. The summed E-state index contributed by atoms with van der Waals surface area (Å²) in [4.78, 5) is 12.8. The molecule has 0 fully saturated rings. The summed E-state index contributed by atoms with van der Waals surface area (Å²) in [7, 11) is 0. The van der Waals surface area contributed by atoms with Crippen molar-refractivity contribution in [2.75, 3.05) is 0 Å².